The van der Waals surface area contributed by atoms with Crippen LogP contribution in [0.3, 0.4) is 0 Å². The lowest BCUT2D eigenvalue weighted by Crippen LogP contribution is -2.50. The Morgan fingerprint density at radius 2 is 1.78 bits per heavy atom. The fraction of sp³-hybridized carbons (Fsp3) is 0.364. The Bertz CT molecular complexity index is 1030. The standard InChI is InChI=1S/C22H26N2O7S/c1-32(27,28)12-11-18(24-22(26)30-14-16-7-3-2-4-8-16)21(25)23-13-17-15-29-19-9-5-6-10-20(19)31-17/h2-10,17-18H,11-15H2,1H3,(H,23,25)(H,24,26). The summed E-state index contributed by atoms with van der Waals surface area (Å²) in [4.78, 5) is 24.9. The molecule has 0 spiro atoms. The maximum atomic E-state index is 12.7. The second-order valence-corrected chi connectivity index (χ2v) is 9.68. The summed E-state index contributed by atoms with van der Waals surface area (Å²) in [7, 11) is -3.33. The molecule has 32 heavy (non-hydrogen) atoms. The average Bonchev–Trinajstić information content (AvgIpc) is 2.78. The quantitative estimate of drug-likeness (QED) is 0.582. The van der Waals surface area contributed by atoms with E-state index in [0.717, 1.165) is 11.8 Å². The van der Waals surface area contributed by atoms with Gasteiger partial charge in [0.2, 0.25) is 5.91 Å². The highest BCUT2D eigenvalue weighted by Gasteiger charge is 2.26. The molecule has 1 aliphatic rings. The van der Waals surface area contributed by atoms with Crippen molar-refractivity contribution in [3.05, 3.63) is 60.2 Å². The molecule has 0 bridgehead atoms. The number of ether oxygens (including phenoxy) is 3. The fourth-order valence-electron chi connectivity index (χ4n) is 3.01. The van der Waals surface area contributed by atoms with Crippen LogP contribution in [0, 0.1) is 0 Å². The van der Waals surface area contributed by atoms with Crippen molar-refractivity contribution in [1.29, 1.82) is 0 Å². The molecule has 2 amide bonds. The fourth-order valence-corrected chi connectivity index (χ4v) is 3.67. The molecule has 1 heterocycles. The SMILES string of the molecule is CS(=O)(=O)CCC(NC(=O)OCc1ccccc1)C(=O)NCC1COc2ccccc2O1. The third-order valence-corrected chi connectivity index (χ3v) is 5.65. The van der Waals surface area contributed by atoms with Crippen molar-refractivity contribution < 1.29 is 32.2 Å². The zero-order chi connectivity index (χ0) is 23.0. The van der Waals surface area contributed by atoms with E-state index in [1.807, 2.05) is 30.3 Å². The van der Waals surface area contributed by atoms with Gasteiger partial charge in [0, 0.05) is 6.26 Å². The minimum atomic E-state index is -3.33. The van der Waals surface area contributed by atoms with Crippen LogP contribution >= 0.6 is 0 Å². The van der Waals surface area contributed by atoms with Gasteiger partial charge < -0.3 is 24.8 Å². The van der Waals surface area contributed by atoms with Crippen molar-refractivity contribution in [3.8, 4) is 11.5 Å². The van der Waals surface area contributed by atoms with Crippen LogP contribution in [-0.2, 0) is 26.0 Å². The maximum absolute atomic E-state index is 12.7. The van der Waals surface area contributed by atoms with Crippen LogP contribution in [0.2, 0.25) is 0 Å². The van der Waals surface area contributed by atoms with Crippen LogP contribution in [0.25, 0.3) is 0 Å². The number of sulfone groups is 1. The van der Waals surface area contributed by atoms with Crippen molar-refractivity contribution in [2.75, 3.05) is 25.2 Å². The molecule has 2 N–H and O–H groups in total. The summed E-state index contributed by atoms with van der Waals surface area (Å²) in [6.45, 7) is 0.404. The molecule has 9 nitrogen and oxygen atoms in total. The molecule has 0 aromatic heterocycles. The molecule has 2 aromatic carbocycles. The first-order chi connectivity index (χ1) is 15.3. The molecule has 2 atom stereocenters. The van der Waals surface area contributed by atoms with E-state index in [2.05, 4.69) is 10.6 Å². The Labute approximate surface area is 187 Å². The number of alkyl carbamates (subject to hydrolysis) is 1. The highest BCUT2D eigenvalue weighted by atomic mass is 32.2. The van der Waals surface area contributed by atoms with Gasteiger partial charge in [-0.2, -0.15) is 0 Å². The number of hydrogen-bond donors (Lipinski definition) is 2. The number of fused-ring (bicyclic) bond motifs is 1. The highest BCUT2D eigenvalue weighted by Crippen LogP contribution is 2.30. The first-order valence-corrected chi connectivity index (χ1v) is 12.2. The Balaban J connectivity index is 1.53. The minimum Gasteiger partial charge on any atom is -0.486 e. The van der Waals surface area contributed by atoms with E-state index in [1.54, 1.807) is 24.3 Å². The van der Waals surface area contributed by atoms with E-state index < -0.39 is 34.0 Å². The Morgan fingerprint density at radius 3 is 2.50 bits per heavy atom. The average molecular weight is 463 g/mol. The number of rotatable bonds is 9. The molecule has 10 heteroatoms. The van der Waals surface area contributed by atoms with Gasteiger partial charge in [0.25, 0.3) is 0 Å². The summed E-state index contributed by atoms with van der Waals surface area (Å²) in [5.41, 5.74) is 0.787. The van der Waals surface area contributed by atoms with Gasteiger partial charge >= 0.3 is 6.09 Å². The molecule has 0 radical (unpaired) electrons. The zero-order valence-corrected chi connectivity index (χ0v) is 18.5. The number of para-hydroxylation sites is 2. The van der Waals surface area contributed by atoms with E-state index >= 15 is 0 Å². The Kier molecular flexibility index (Phi) is 7.93. The van der Waals surface area contributed by atoms with E-state index in [4.69, 9.17) is 14.2 Å². The molecule has 0 aliphatic carbocycles. The molecular formula is C22H26N2O7S. The van der Waals surface area contributed by atoms with E-state index in [0.29, 0.717) is 11.5 Å². The molecule has 172 valence electrons. The summed E-state index contributed by atoms with van der Waals surface area (Å²) in [6.07, 6.45) is -0.251. The highest BCUT2D eigenvalue weighted by molar-refractivity contribution is 7.90. The third-order valence-electron chi connectivity index (χ3n) is 4.67. The van der Waals surface area contributed by atoms with Gasteiger partial charge in [0.1, 0.15) is 35.2 Å². The predicted molar refractivity (Wildman–Crippen MR) is 117 cm³/mol. The minimum absolute atomic E-state index is 0.0275. The second kappa shape index (κ2) is 10.9. The molecule has 0 fully saturated rings. The number of amides is 2. The van der Waals surface area contributed by atoms with Gasteiger partial charge in [-0.25, -0.2) is 13.2 Å². The van der Waals surface area contributed by atoms with Crippen LogP contribution in [-0.4, -0.2) is 57.7 Å². The van der Waals surface area contributed by atoms with Gasteiger partial charge in [-0.15, -0.1) is 0 Å². The topological polar surface area (TPSA) is 120 Å². The van der Waals surface area contributed by atoms with E-state index in [1.165, 1.54) is 0 Å². The first-order valence-electron chi connectivity index (χ1n) is 10.1. The van der Waals surface area contributed by atoms with Crippen LogP contribution in [0.4, 0.5) is 4.79 Å². The van der Waals surface area contributed by atoms with Crippen LogP contribution in [0.15, 0.2) is 54.6 Å². The largest absolute Gasteiger partial charge is 0.486 e. The van der Waals surface area contributed by atoms with Crippen molar-refractivity contribution in [2.45, 2.75) is 25.2 Å². The zero-order valence-electron chi connectivity index (χ0n) is 17.7. The van der Waals surface area contributed by atoms with Crippen LogP contribution < -0.4 is 20.1 Å². The van der Waals surface area contributed by atoms with Gasteiger partial charge in [0.15, 0.2) is 11.5 Å². The van der Waals surface area contributed by atoms with E-state index in [9.17, 15) is 18.0 Å². The van der Waals surface area contributed by atoms with Crippen LogP contribution in [0.1, 0.15) is 12.0 Å². The van der Waals surface area contributed by atoms with Crippen molar-refractivity contribution in [3.63, 3.8) is 0 Å². The van der Waals surface area contributed by atoms with Crippen LogP contribution in [0.5, 0.6) is 11.5 Å². The molecule has 0 saturated carbocycles. The van der Waals surface area contributed by atoms with Gasteiger partial charge in [0.05, 0.1) is 12.3 Å². The lowest BCUT2D eigenvalue weighted by Gasteiger charge is -2.27. The van der Waals surface area contributed by atoms with Crippen molar-refractivity contribution in [2.24, 2.45) is 0 Å². The first kappa shape index (κ1) is 23.4. The molecule has 0 saturated heterocycles. The molecule has 1 aliphatic heterocycles. The number of carbonyl (C=O) groups is 2. The summed E-state index contributed by atoms with van der Waals surface area (Å²) in [6, 6.07) is 15.2. The molecular weight excluding hydrogens is 436 g/mol. The number of benzene rings is 2. The second-order valence-electron chi connectivity index (χ2n) is 7.42. The van der Waals surface area contributed by atoms with Gasteiger partial charge in [-0.3, -0.25) is 4.79 Å². The summed E-state index contributed by atoms with van der Waals surface area (Å²) in [5.74, 6) is 0.409. The smallest absolute Gasteiger partial charge is 0.408 e. The Hall–Kier alpha value is -3.27. The third kappa shape index (κ3) is 7.45. The number of hydrogen-bond acceptors (Lipinski definition) is 7. The van der Waals surface area contributed by atoms with E-state index in [-0.39, 0.29) is 31.9 Å². The summed E-state index contributed by atoms with van der Waals surface area (Å²) >= 11 is 0. The van der Waals surface area contributed by atoms with Gasteiger partial charge in [-0.05, 0) is 24.1 Å². The summed E-state index contributed by atoms with van der Waals surface area (Å²) in [5, 5.41) is 5.14. The lowest BCUT2D eigenvalue weighted by atomic mass is 10.2. The van der Waals surface area contributed by atoms with Crippen molar-refractivity contribution >= 4 is 21.8 Å². The number of carbonyl (C=O) groups excluding carboxylic acids is 2. The normalized spacial score (nSPS) is 16.0. The lowest BCUT2D eigenvalue weighted by molar-refractivity contribution is -0.123. The van der Waals surface area contributed by atoms with Gasteiger partial charge in [-0.1, -0.05) is 42.5 Å². The monoisotopic (exact) mass is 462 g/mol. The maximum Gasteiger partial charge on any atom is 0.408 e. The summed E-state index contributed by atoms with van der Waals surface area (Å²) < 4.78 is 39.7. The number of nitrogens with one attached hydrogen (secondary N) is 2. The van der Waals surface area contributed by atoms with Crippen molar-refractivity contribution in [1.82, 2.24) is 10.6 Å². The molecule has 2 unspecified atom stereocenters. The molecule has 2 aromatic rings. The Morgan fingerprint density at radius 1 is 1.09 bits per heavy atom. The predicted octanol–water partition coefficient (Wildman–Crippen LogP) is 1.67. The molecule has 3 rings (SSSR count).